The van der Waals surface area contributed by atoms with E-state index in [0.29, 0.717) is 5.56 Å². The molecule has 1 aromatic heterocycles. The molecule has 2 aromatic rings. The van der Waals surface area contributed by atoms with Crippen molar-refractivity contribution in [1.82, 2.24) is 10.3 Å². The van der Waals surface area contributed by atoms with Gasteiger partial charge in [0.05, 0.1) is 0 Å². The zero-order valence-electron chi connectivity index (χ0n) is 10.5. The van der Waals surface area contributed by atoms with Crippen molar-refractivity contribution < 1.29 is 4.79 Å². The van der Waals surface area contributed by atoms with Crippen LogP contribution in [0.25, 0.3) is 0 Å². The van der Waals surface area contributed by atoms with Gasteiger partial charge in [-0.25, -0.2) is 0 Å². The lowest BCUT2D eigenvalue weighted by molar-refractivity contribution is 0.102. The summed E-state index contributed by atoms with van der Waals surface area (Å²) in [4.78, 5) is 16.1. The molecule has 2 heterocycles. The molecule has 0 atom stereocenters. The summed E-state index contributed by atoms with van der Waals surface area (Å²) < 4.78 is 0. The van der Waals surface area contributed by atoms with Gasteiger partial charge in [0.25, 0.3) is 5.91 Å². The summed E-state index contributed by atoms with van der Waals surface area (Å²) in [5.74, 6) is -0.0764. The number of hydrogen-bond donors (Lipinski definition) is 2. The molecular formula is C15H15N3O. The smallest absolute Gasteiger partial charge is 0.255 e. The van der Waals surface area contributed by atoms with E-state index in [1.807, 2.05) is 18.2 Å². The number of amides is 1. The first-order chi connectivity index (χ1) is 9.33. The molecule has 4 heteroatoms. The fourth-order valence-electron chi connectivity index (χ4n) is 2.26. The van der Waals surface area contributed by atoms with Crippen LogP contribution in [0.1, 0.15) is 21.5 Å². The molecule has 1 aromatic carbocycles. The van der Waals surface area contributed by atoms with E-state index in [-0.39, 0.29) is 5.91 Å². The topological polar surface area (TPSA) is 54.0 Å². The number of nitrogens with one attached hydrogen (secondary N) is 2. The summed E-state index contributed by atoms with van der Waals surface area (Å²) in [6.45, 7) is 1.87. The van der Waals surface area contributed by atoms with Crippen LogP contribution < -0.4 is 10.6 Å². The number of hydrogen-bond acceptors (Lipinski definition) is 3. The minimum atomic E-state index is -0.0764. The number of nitrogens with zero attached hydrogens (tertiary/aromatic N) is 1. The maximum absolute atomic E-state index is 12.2. The van der Waals surface area contributed by atoms with Crippen LogP contribution in [0.3, 0.4) is 0 Å². The maximum atomic E-state index is 12.2. The first kappa shape index (κ1) is 11.9. The minimum absolute atomic E-state index is 0.0764. The van der Waals surface area contributed by atoms with Crippen molar-refractivity contribution in [2.75, 3.05) is 11.9 Å². The van der Waals surface area contributed by atoms with Gasteiger partial charge in [0.2, 0.25) is 0 Å². The van der Waals surface area contributed by atoms with Crippen LogP contribution >= 0.6 is 0 Å². The van der Waals surface area contributed by atoms with Crippen molar-refractivity contribution in [2.24, 2.45) is 0 Å². The van der Waals surface area contributed by atoms with Gasteiger partial charge < -0.3 is 10.6 Å². The zero-order chi connectivity index (χ0) is 13.1. The largest absolute Gasteiger partial charge is 0.322 e. The Hall–Kier alpha value is -2.20. The average molecular weight is 253 g/mol. The average Bonchev–Trinajstić information content (AvgIpc) is 2.48. The first-order valence-corrected chi connectivity index (χ1v) is 6.37. The summed E-state index contributed by atoms with van der Waals surface area (Å²) in [7, 11) is 0. The summed E-state index contributed by atoms with van der Waals surface area (Å²) >= 11 is 0. The SMILES string of the molecule is O=C(Nc1ccncc1)c1ccc2c(c1)CCNC2. The Morgan fingerprint density at radius 2 is 2.00 bits per heavy atom. The third kappa shape index (κ3) is 2.63. The minimum Gasteiger partial charge on any atom is -0.322 e. The lowest BCUT2D eigenvalue weighted by Crippen LogP contribution is -2.24. The number of aromatic nitrogens is 1. The monoisotopic (exact) mass is 253 g/mol. The Morgan fingerprint density at radius 1 is 1.16 bits per heavy atom. The van der Waals surface area contributed by atoms with Crippen LogP contribution in [-0.4, -0.2) is 17.4 Å². The van der Waals surface area contributed by atoms with Crippen molar-refractivity contribution in [3.63, 3.8) is 0 Å². The van der Waals surface area contributed by atoms with Gasteiger partial charge in [-0.15, -0.1) is 0 Å². The van der Waals surface area contributed by atoms with E-state index in [2.05, 4.69) is 15.6 Å². The number of anilines is 1. The fourth-order valence-corrected chi connectivity index (χ4v) is 2.26. The van der Waals surface area contributed by atoms with E-state index in [9.17, 15) is 4.79 Å². The molecule has 0 saturated heterocycles. The van der Waals surface area contributed by atoms with E-state index in [1.165, 1.54) is 11.1 Å². The first-order valence-electron chi connectivity index (χ1n) is 6.37. The lowest BCUT2D eigenvalue weighted by atomic mass is 9.98. The Bertz CT molecular complexity index is 596. The molecule has 0 aliphatic carbocycles. The van der Waals surface area contributed by atoms with E-state index < -0.39 is 0 Å². The molecule has 0 radical (unpaired) electrons. The predicted molar refractivity (Wildman–Crippen MR) is 74.0 cm³/mol. The van der Waals surface area contributed by atoms with E-state index in [4.69, 9.17) is 0 Å². The highest BCUT2D eigenvalue weighted by Gasteiger charge is 2.12. The van der Waals surface area contributed by atoms with E-state index in [0.717, 1.165) is 25.2 Å². The van der Waals surface area contributed by atoms with Crippen molar-refractivity contribution in [2.45, 2.75) is 13.0 Å². The highest BCUT2D eigenvalue weighted by Crippen LogP contribution is 2.17. The van der Waals surface area contributed by atoms with Gasteiger partial charge in [0.15, 0.2) is 0 Å². The normalized spacial score (nSPS) is 13.7. The van der Waals surface area contributed by atoms with Crippen molar-refractivity contribution >= 4 is 11.6 Å². The number of carbonyl (C=O) groups is 1. The van der Waals surface area contributed by atoms with E-state index in [1.54, 1.807) is 24.5 Å². The third-order valence-electron chi connectivity index (χ3n) is 3.29. The predicted octanol–water partition coefficient (Wildman–Crippen LogP) is 1.98. The standard InChI is InChI=1S/C15H15N3O/c19-15(18-14-4-7-16-8-5-14)12-1-2-13-10-17-6-3-11(13)9-12/h1-2,4-5,7-9,17H,3,6,10H2,(H,16,18,19). The van der Waals surface area contributed by atoms with Gasteiger partial charge in [-0.1, -0.05) is 6.07 Å². The fraction of sp³-hybridized carbons (Fsp3) is 0.200. The van der Waals surface area contributed by atoms with Crippen molar-refractivity contribution in [3.8, 4) is 0 Å². The van der Waals surface area contributed by atoms with Crippen LogP contribution in [0.5, 0.6) is 0 Å². The second-order valence-electron chi connectivity index (χ2n) is 4.60. The van der Waals surface area contributed by atoms with Crippen molar-refractivity contribution in [1.29, 1.82) is 0 Å². The quantitative estimate of drug-likeness (QED) is 0.860. The number of fused-ring (bicyclic) bond motifs is 1. The zero-order valence-corrected chi connectivity index (χ0v) is 10.5. The molecular weight excluding hydrogens is 238 g/mol. The number of carbonyl (C=O) groups excluding carboxylic acids is 1. The van der Waals surface area contributed by atoms with Gasteiger partial charge in [0.1, 0.15) is 0 Å². The molecule has 3 rings (SSSR count). The van der Waals surface area contributed by atoms with Crippen LogP contribution in [0.2, 0.25) is 0 Å². The summed E-state index contributed by atoms with van der Waals surface area (Å²) in [6, 6.07) is 9.46. The molecule has 0 spiro atoms. The summed E-state index contributed by atoms with van der Waals surface area (Å²) in [5.41, 5.74) is 4.02. The molecule has 0 bridgehead atoms. The highest BCUT2D eigenvalue weighted by atomic mass is 16.1. The Labute approximate surface area is 111 Å². The molecule has 0 fully saturated rings. The number of benzene rings is 1. The molecule has 1 aliphatic heterocycles. The second kappa shape index (κ2) is 5.20. The Morgan fingerprint density at radius 3 is 2.84 bits per heavy atom. The van der Waals surface area contributed by atoms with Crippen molar-refractivity contribution in [3.05, 3.63) is 59.4 Å². The van der Waals surface area contributed by atoms with Gasteiger partial charge in [-0.3, -0.25) is 9.78 Å². The Kier molecular flexibility index (Phi) is 3.25. The van der Waals surface area contributed by atoms with Gasteiger partial charge in [0, 0.05) is 30.2 Å². The summed E-state index contributed by atoms with van der Waals surface area (Å²) in [6.07, 6.45) is 4.30. The molecule has 0 saturated carbocycles. The molecule has 4 nitrogen and oxygen atoms in total. The Balaban J connectivity index is 1.80. The summed E-state index contributed by atoms with van der Waals surface area (Å²) in [5, 5.41) is 6.19. The highest BCUT2D eigenvalue weighted by molar-refractivity contribution is 6.04. The van der Waals surface area contributed by atoms with Crippen LogP contribution in [0.15, 0.2) is 42.7 Å². The van der Waals surface area contributed by atoms with Gasteiger partial charge in [-0.05, 0) is 48.4 Å². The number of rotatable bonds is 2. The van der Waals surface area contributed by atoms with Gasteiger partial charge in [-0.2, -0.15) is 0 Å². The molecule has 1 amide bonds. The molecule has 0 unspecified atom stereocenters. The van der Waals surface area contributed by atoms with Crippen LogP contribution in [0.4, 0.5) is 5.69 Å². The van der Waals surface area contributed by atoms with Crippen LogP contribution in [-0.2, 0) is 13.0 Å². The molecule has 19 heavy (non-hydrogen) atoms. The van der Waals surface area contributed by atoms with E-state index >= 15 is 0 Å². The third-order valence-corrected chi connectivity index (χ3v) is 3.29. The second-order valence-corrected chi connectivity index (χ2v) is 4.60. The number of pyridine rings is 1. The molecule has 1 aliphatic rings. The molecule has 96 valence electrons. The molecule has 2 N–H and O–H groups in total. The van der Waals surface area contributed by atoms with Crippen LogP contribution in [0, 0.1) is 0 Å². The lowest BCUT2D eigenvalue weighted by Gasteiger charge is -2.17. The maximum Gasteiger partial charge on any atom is 0.255 e. The van der Waals surface area contributed by atoms with Gasteiger partial charge >= 0.3 is 0 Å².